The van der Waals surface area contributed by atoms with Crippen LogP contribution in [0.4, 0.5) is 4.79 Å². The second-order valence-electron chi connectivity index (χ2n) is 7.18. The molecule has 25 heavy (non-hydrogen) atoms. The van der Waals surface area contributed by atoms with Crippen molar-refractivity contribution in [2.24, 2.45) is 0 Å². The van der Waals surface area contributed by atoms with Gasteiger partial charge in [0.2, 0.25) is 0 Å². The molecule has 6 nitrogen and oxygen atoms in total. The van der Waals surface area contributed by atoms with Crippen LogP contribution in [0.15, 0.2) is 23.1 Å². The lowest BCUT2D eigenvalue weighted by atomic mass is 10.0. The molecular formula is C18H29NO5S. The van der Waals surface area contributed by atoms with Gasteiger partial charge in [-0.3, -0.25) is 4.55 Å². The predicted octanol–water partition coefficient (Wildman–Crippen LogP) is 3.87. The van der Waals surface area contributed by atoms with Crippen LogP contribution >= 0.6 is 0 Å². The minimum Gasteiger partial charge on any atom is -0.444 e. The monoisotopic (exact) mass is 371 g/mol. The standard InChI is InChI=1S/C18H29NO5S/c1-14-10-11-16(25(21,22)23)15(13-14)9-7-5-6-8-12-19-17(20)24-18(2,3)4/h10-11,13H,5-9,12H2,1-4H3,(H,19,20)(H,21,22,23). The van der Waals surface area contributed by atoms with Crippen LogP contribution in [-0.4, -0.2) is 31.2 Å². The summed E-state index contributed by atoms with van der Waals surface area (Å²) in [6.45, 7) is 7.89. The summed E-state index contributed by atoms with van der Waals surface area (Å²) in [5.41, 5.74) is 1.11. The number of carbonyl (C=O) groups excluding carboxylic acids is 1. The molecule has 0 unspecified atom stereocenters. The third-order valence-electron chi connectivity index (χ3n) is 3.54. The minimum absolute atomic E-state index is 0.00954. The number of unbranched alkanes of at least 4 members (excludes halogenated alkanes) is 3. The van der Waals surface area contributed by atoms with Gasteiger partial charge in [0, 0.05) is 6.54 Å². The highest BCUT2D eigenvalue weighted by molar-refractivity contribution is 7.85. The van der Waals surface area contributed by atoms with Crippen LogP contribution in [0.2, 0.25) is 0 Å². The van der Waals surface area contributed by atoms with Gasteiger partial charge in [-0.2, -0.15) is 8.42 Å². The molecule has 0 aromatic heterocycles. The Morgan fingerprint density at radius 2 is 1.80 bits per heavy atom. The molecule has 7 heteroatoms. The molecule has 0 bridgehead atoms. The Morgan fingerprint density at radius 1 is 1.16 bits per heavy atom. The lowest BCUT2D eigenvalue weighted by Gasteiger charge is -2.19. The van der Waals surface area contributed by atoms with Crippen LogP contribution in [-0.2, 0) is 21.3 Å². The third-order valence-corrected chi connectivity index (χ3v) is 4.49. The molecule has 0 spiro atoms. The number of ether oxygens (including phenoxy) is 1. The molecule has 0 atom stereocenters. The first-order valence-electron chi connectivity index (χ1n) is 8.53. The smallest absolute Gasteiger partial charge is 0.407 e. The summed E-state index contributed by atoms with van der Waals surface area (Å²) in [6.07, 6.45) is 3.66. The summed E-state index contributed by atoms with van der Waals surface area (Å²) >= 11 is 0. The van der Waals surface area contributed by atoms with Gasteiger partial charge < -0.3 is 10.1 Å². The Kier molecular flexibility index (Phi) is 7.89. The van der Waals surface area contributed by atoms with E-state index in [-0.39, 0.29) is 4.90 Å². The van der Waals surface area contributed by atoms with E-state index < -0.39 is 21.8 Å². The maximum atomic E-state index is 11.5. The Morgan fingerprint density at radius 3 is 2.40 bits per heavy atom. The zero-order valence-corrected chi connectivity index (χ0v) is 16.3. The van der Waals surface area contributed by atoms with Crippen LogP contribution in [0.3, 0.4) is 0 Å². The highest BCUT2D eigenvalue weighted by Crippen LogP contribution is 2.20. The molecule has 142 valence electrons. The lowest BCUT2D eigenvalue weighted by molar-refractivity contribution is 0.0527. The van der Waals surface area contributed by atoms with E-state index in [9.17, 15) is 17.8 Å². The highest BCUT2D eigenvalue weighted by atomic mass is 32.2. The van der Waals surface area contributed by atoms with E-state index in [1.165, 1.54) is 6.07 Å². The Bertz CT molecular complexity index is 677. The number of alkyl carbamates (subject to hydrolysis) is 1. The van der Waals surface area contributed by atoms with Crippen molar-refractivity contribution < 1.29 is 22.5 Å². The second kappa shape index (κ2) is 9.20. The molecule has 0 saturated carbocycles. The first-order chi connectivity index (χ1) is 11.5. The fourth-order valence-corrected chi connectivity index (χ4v) is 3.19. The molecule has 0 fully saturated rings. The minimum atomic E-state index is -4.19. The lowest BCUT2D eigenvalue weighted by Crippen LogP contribution is -2.32. The topological polar surface area (TPSA) is 92.7 Å². The van der Waals surface area contributed by atoms with Gasteiger partial charge >= 0.3 is 6.09 Å². The average Bonchev–Trinajstić information content (AvgIpc) is 2.43. The largest absolute Gasteiger partial charge is 0.444 e. The molecular weight excluding hydrogens is 342 g/mol. The zero-order chi connectivity index (χ0) is 19.1. The molecule has 0 aliphatic rings. The van der Waals surface area contributed by atoms with E-state index in [0.717, 1.165) is 31.2 Å². The van der Waals surface area contributed by atoms with Crippen LogP contribution in [0.25, 0.3) is 0 Å². The molecule has 1 aromatic rings. The number of carbonyl (C=O) groups is 1. The summed E-state index contributed by atoms with van der Waals surface area (Å²) in [6, 6.07) is 4.92. The van der Waals surface area contributed by atoms with Crippen molar-refractivity contribution in [3.63, 3.8) is 0 Å². The quantitative estimate of drug-likeness (QED) is 0.534. The van der Waals surface area contributed by atoms with Crippen LogP contribution in [0, 0.1) is 6.92 Å². The number of hydrogen-bond donors (Lipinski definition) is 2. The number of rotatable bonds is 8. The average molecular weight is 371 g/mol. The summed E-state index contributed by atoms with van der Waals surface area (Å²) in [4.78, 5) is 11.5. The first-order valence-corrected chi connectivity index (χ1v) is 9.97. The Hall–Kier alpha value is -1.60. The van der Waals surface area contributed by atoms with Gasteiger partial charge in [-0.25, -0.2) is 4.79 Å². The summed E-state index contributed by atoms with van der Waals surface area (Å²) in [5, 5.41) is 2.71. The molecule has 0 heterocycles. The van der Waals surface area contributed by atoms with Gasteiger partial charge in [0.05, 0.1) is 4.90 Å². The Balaban J connectivity index is 2.31. The van der Waals surface area contributed by atoms with Gasteiger partial charge in [0.25, 0.3) is 10.1 Å². The fourth-order valence-electron chi connectivity index (χ4n) is 2.45. The number of benzene rings is 1. The molecule has 1 rings (SSSR count). The summed E-state index contributed by atoms with van der Waals surface area (Å²) in [7, 11) is -4.19. The van der Waals surface area contributed by atoms with Gasteiger partial charge in [0.15, 0.2) is 0 Å². The fraction of sp³-hybridized carbons (Fsp3) is 0.611. The van der Waals surface area contributed by atoms with E-state index in [1.54, 1.807) is 12.1 Å². The highest BCUT2D eigenvalue weighted by Gasteiger charge is 2.16. The number of hydrogen-bond acceptors (Lipinski definition) is 4. The number of aryl methyl sites for hydroxylation is 2. The van der Waals surface area contributed by atoms with E-state index >= 15 is 0 Å². The van der Waals surface area contributed by atoms with Gasteiger partial charge in [-0.05, 0) is 58.6 Å². The predicted molar refractivity (Wildman–Crippen MR) is 97.4 cm³/mol. The van der Waals surface area contributed by atoms with Crippen LogP contribution < -0.4 is 5.32 Å². The number of nitrogens with one attached hydrogen (secondary N) is 1. The summed E-state index contributed by atoms with van der Waals surface area (Å²) < 4.78 is 37.2. The molecule has 2 N–H and O–H groups in total. The molecule has 0 aliphatic carbocycles. The van der Waals surface area contributed by atoms with E-state index in [2.05, 4.69) is 5.32 Å². The van der Waals surface area contributed by atoms with Crippen molar-refractivity contribution in [3.05, 3.63) is 29.3 Å². The normalized spacial score (nSPS) is 12.0. The summed E-state index contributed by atoms with van der Waals surface area (Å²) in [5.74, 6) is 0. The van der Waals surface area contributed by atoms with Crippen LogP contribution in [0.1, 0.15) is 57.6 Å². The van der Waals surface area contributed by atoms with Gasteiger partial charge in [0.1, 0.15) is 5.60 Å². The van der Waals surface area contributed by atoms with Crippen molar-refractivity contribution in [2.45, 2.75) is 70.3 Å². The van der Waals surface area contributed by atoms with Crippen molar-refractivity contribution >= 4 is 16.2 Å². The first kappa shape index (κ1) is 21.4. The SMILES string of the molecule is Cc1ccc(S(=O)(=O)O)c(CCCCCCNC(=O)OC(C)(C)C)c1. The molecule has 1 amide bonds. The van der Waals surface area contributed by atoms with Crippen LogP contribution in [0.5, 0.6) is 0 Å². The van der Waals surface area contributed by atoms with E-state index in [0.29, 0.717) is 18.5 Å². The Labute approximate surface area is 150 Å². The number of amides is 1. The molecule has 1 aromatic carbocycles. The maximum Gasteiger partial charge on any atom is 0.407 e. The third kappa shape index (κ3) is 8.88. The zero-order valence-electron chi connectivity index (χ0n) is 15.5. The molecule has 0 aliphatic heterocycles. The molecule has 0 saturated heterocycles. The van der Waals surface area contributed by atoms with E-state index in [4.69, 9.17) is 4.74 Å². The van der Waals surface area contributed by atoms with Crippen molar-refractivity contribution in [1.29, 1.82) is 0 Å². The van der Waals surface area contributed by atoms with Crippen molar-refractivity contribution in [3.8, 4) is 0 Å². The maximum absolute atomic E-state index is 11.5. The second-order valence-corrected chi connectivity index (χ2v) is 8.57. The van der Waals surface area contributed by atoms with E-state index in [1.807, 2.05) is 27.7 Å². The van der Waals surface area contributed by atoms with Crippen molar-refractivity contribution in [1.82, 2.24) is 5.32 Å². The molecule has 0 radical (unpaired) electrons. The van der Waals surface area contributed by atoms with Crippen molar-refractivity contribution in [2.75, 3.05) is 6.54 Å². The van der Waals surface area contributed by atoms with Gasteiger partial charge in [-0.1, -0.05) is 30.5 Å². The van der Waals surface area contributed by atoms with Gasteiger partial charge in [-0.15, -0.1) is 0 Å².